The normalized spacial score (nSPS) is 17.2. The first-order valence-electron chi connectivity index (χ1n) is 3.88. The van der Waals surface area contributed by atoms with Crippen molar-refractivity contribution in [3.05, 3.63) is 12.2 Å². The van der Waals surface area contributed by atoms with Crippen LogP contribution in [0.25, 0.3) is 0 Å². The van der Waals surface area contributed by atoms with E-state index in [0.717, 1.165) is 12.8 Å². The molecule has 0 aromatic carbocycles. The molecule has 3 nitrogen and oxygen atoms in total. The summed E-state index contributed by atoms with van der Waals surface area (Å²) < 4.78 is 0. The highest BCUT2D eigenvalue weighted by Gasteiger charge is 2.17. The summed E-state index contributed by atoms with van der Waals surface area (Å²) in [4.78, 5) is 11.1. The van der Waals surface area contributed by atoms with Crippen LogP contribution in [0.2, 0.25) is 0 Å². The Morgan fingerprint density at radius 2 is 2.18 bits per heavy atom. The van der Waals surface area contributed by atoms with Gasteiger partial charge in [-0.2, -0.15) is 0 Å². The third-order valence-corrected chi connectivity index (χ3v) is 1.79. The third kappa shape index (κ3) is 2.35. The van der Waals surface area contributed by atoms with E-state index in [0.29, 0.717) is 6.54 Å². The number of nitrogens with one attached hydrogen (secondary N) is 1. The van der Waals surface area contributed by atoms with E-state index in [1.165, 1.54) is 0 Å². The molecule has 0 aromatic rings. The van der Waals surface area contributed by atoms with Gasteiger partial charge in [-0.3, -0.25) is 4.79 Å². The Morgan fingerprint density at radius 3 is 2.73 bits per heavy atom. The van der Waals surface area contributed by atoms with Crippen LogP contribution in [0, 0.1) is 5.92 Å². The average molecular weight is 155 g/mol. The van der Waals surface area contributed by atoms with Crippen LogP contribution in [0.3, 0.4) is 0 Å². The maximum atomic E-state index is 11.1. The van der Waals surface area contributed by atoms with E-state index in [-0.39, 0.29) is 18.4 Å². The number of aliphatic hydroxyl groups excluding tert-OH is 1. The molecule has 62 valence electrons. The molecule has 11 heavy (non-hydrogen) atoms. The standard InChI is InChI=1S/C8H13NO2/c10-6-5-9-8(11)7-3-1-2-4-7/h1-2,7,10H,3-6H2,(H,9,11). The first kappa shape index (κ1) is 8.27. The van der Waals surface area contributed by atoms with Gasteiger partial charge in [0, 0.05) is 12.5 Å². The molecule has 0 aromatic heterocycles. The summed E-state index contributed by atoms with van der Waals surface area (Å²) >= 11 is 0. The van der Waals surface area contributed by atoms with Crippen molar-refractivity contribution in [1.82, 2.24) is 5.32 Å². The second-order valence-electron chi connectivity index (χ2n) is 2.65. The fraction of sp³-hybridized carbons (Fsp3) is 0.625. The topological polar surface area (TPSA) is 49.3 Å². The van der Waals surface area contributed by atoms with Gasteiger partial charge in [0.05, 0.1) is 6.61 Å². The van der Waals surface area contributed by atoms with Crippen LogP contribution in [0.1, 0.15) is 12.8 Å². The van der Waals surface area contributed by atoms with E-state index in [2.05, 4.69) is 5.32 Å². The molecular formula is C8H13NO2. The molecule has 0 bridgehead atoms. The molecule has 3 heteroatoms. The molecule has 0 atom stereocenters. The van der Waals surface area contributed by atoms with E-state index >= 15 is 0 Å². The van der Waals surface area contributed by atoms with Gasteiger partial charge in [-0.05, 0) is 12.8 Å². The Labute approximate surface area is 66.1 Å². The van der Waals surface area contributed by atoms with Crippen molar-refractivity contribution in [3.8, 4) is 0 Å². The van der Waals surface area contributed by atoms with E-state index in [9.17, 15) is 4.79 Å². The lowest BCUT2D eigenvalue weighted by Crippen LogP contribution is -2.31. The molecule has 1 aliphatic rings. The molecular weight excluding hydrogens is 142 g/mol. The van der Waals surface area contributed by atoms with Crippen LogP contribution >= 0.6 is 0 Å². The molecule has 0 radical (unpaired) electrons. The molecule has 0 saturated carbocycles. The first-order valence-corrected chi connectivity index (χ1v) is 3.88. The number of carbonyl (C=O) groups excluding carboxylic acids is 1. The van der Waals surface area contributed by atoms with Crippen molar-refractivity contribution < 1.29 is 9.90 Å². The highest BCUT2D eigenvalue weighted by Crippen LogP contribution is 2.17. The van der Waals surface area contributed by atoms with Crippen LogP contribution in [0.15, 0.2) is 12.2 Å². The summed E-state index contributed by atoms with van der Waals surface area (Å²) in [7, 11) is 0. The molecule has 0 saturated heterocycles. The Balaban J connectivity index is 2.19. The zero-order valence-electron chi connectivity index (χ0n) is 6.42. The quantitative estimate of drug-likeness (QED) is 0.566. The minimum Gasteiger partial charge on any atom is -0.395 e. The van der Waals surface area contributed by atoms with E-state index in [4.69, 9.17) is 5.11 Å². The summed E-state index contributed by atoms with van der Waals surface area (Å²) in [6.07, 6.45) is 5.72. The van der Waals surface area contributed by atoms with Crippen LogP contribution in [-0.2, 0) is 4.79 Å². The molecule has 0 aliphatic heterocycles. The number of aliphatic hydroxyl groups is 1. The van der Waals surface area contributed by atoms with Gasteiger partial charge in [-0.15, -0.1) is 0 Å². The van der Waals surface area contributed by atoms with E-state index in [1.54, 1.807) is 0 Å². The molecule has 2 N–H and O–H groups in total. The van der Waals surface area contributed by atoms with Crippen LogP contribution < -0.4 is 5.32 Å². The van der Waals surface area contributed by atoms with Crippen molar-refractivity contribution in [2.75, 3.05) is 13.2 Å². The van der Waals surface area contributed by atoms with Gasteiger partial charge in [0.1, 0.15) is 0 Å². The predicted molar refractivity (Wildman–Crippen MR) is 42.0 cm³/mol. The summed E-state index contributed by atoms with van der Waals surface area (Å²) in [6, 6.07) is 0. The smallest absolute Gasteiger partial charge is 0.223 e. The van der Waals surface area contributed by atoms with Gasteiger partial charge >= 0.3 is 0 Å². The molecule has 1 rings (SSSR count). The fourth-order valence-electron chi connectivity index (χ4n) is 1.15. The van der Waals surface area contributed by atoms with Gasteiger partial charge in [0.15, 0.2) is 0 Å². The Hall–Kier alpha value is -0.830. The number of allylic oxidation sites excluding steroid dienone is 2. The van der Waals surface area contributed by atoms with Crippen molar-refractivity contribution in [3.63, 3.8) is 0 Å². The number of hydrogen-bond donors (Lipinski definition) is 2. The summed E-state index contributed by atoms with van der Waals surface area (Å²) in [5, 5.41) is 11.1. The van der Waals surface area contributed by atoms with Crippen LogP contribution in [0.5, 0.6) is 0 Å². The average Bonchev–Trinajstić information content (AvgIpc) is 2.52. The Bertz CT molecular complexity index is 157. The maximum Gasteiger partial charge on any atom is 0.223 e. The minimum atomic E-state index is 0.0197. The van der Waals surface area contributed by atoms with Gasteiger partial charge < -0.3 is 10.4 Å². The number of hydrogen-bond acceptors (Lipinski definition) is 2. The summed E-state index contributed by atoms with van der Waals surface area (Å²) in [5.74, 6) is 0.172. The van der Waals surface area contributed by atoms with Gasteiger partial charge in [0.25, 0.3) is 0 Å². The zero-order valence-corrected chi connectivity index (χ0v) is 6.42. The largest absolute Gasteiger partial charge is 0.395 e. The minimum absolute atomic E-state index is 0.0197. The van der Waals surface area contributed by atoms with Gasteiger partial charge in [-0.25, -0.2) is 0 Å². The van der Waals surface area contributed by atoms with Crippen molar-refractivity contribution in [2.45, 2.75) is 12.8 Å². The molecule has 1 aliphatic carbocycles. The zero-order chi connectivity index (χ0) is 8.10. The highest BCUT2D eigenvalue weighted by atomic mass is 16.3. The van der Waals surface area contributed by atoms with Crippen LogP contribution in [0.4, 0.5) is 0 Å². The molecule has 0 unspecified atom stereocenters. The molecule has 1 amide bonds. The lowest BCUT2D eigenvalue weighted by atomic mass is 10.1. The SMILES string of the molecule is O=C(NCCO)C1CC=CC1. The monoisotopic (exact) mass is 155 g/mol. The predicted octanol–water partition coefficient (Wildman–Crippen LogP) is 0.0611. The van der Waals surface area contributed by atoms with E-state index < -0.39 is 0 Å². The first-order chi connectivity index (χ1) is 5.34. The van der Waals surface area contributed by atoms with E-state index in [1.807, 2.05) is 12.2 Å². The van der Waals surface area contributed by atoms with Crippen LogP contribution in [-0.4, -0.2) is 24.2 Å². The van der Waals surface area contributed by atoms with Crippen molar-refractivity contribution >= 4 is 5.91 Å². The number of carbonyl (C=O) groups is 1. The fourth-order valence-corrected chi connectivity index (χ4v) is 1.15. The second kappa shape index (κ2) is 4.13. The Morgan fingerprint density at radius 1 is 1.55 bits per heavy atom. The summed E-state index contributed by atoms with van der Waals surface area (Å²) in [5.41, 5.74) is 0. The third-order valence-electron chi connectivity index (χ3n) is 1.79. The number of amides is 1. The maximum absolute atomic E-state index is 11.1. The van der Waals surface area contributed by atoms with Gasteiger partial charge in [0.2, 0.25) is 5.91 Å². The van der Waals surface area contributed by atoms with Gasteiger partial charge in [-0.1, -0.05) is 12.2 Å². The lowest BCUT2D eigenvalue weighted by molar-refractivity contribution is -0.124. The molecule has 0 fully saturated rings. The lowest BCUT2D eigenvalue weighted by Gasteiger charge is -2.08. The molecule has 0 heterocycles. The van der Waals surface area contributed by atoms with Crippen molar-refractivity contribution in [1.29, 1.82) is 0 Å². The summed E-state index contributed by atoms with van der Waals surface area (Å²) in [6.45, 7) is 0.390. The highest BCUT2D eigenvalue weighted by molar-refractivity contribution is 5.79. The molecule has 0 spiro atoms. The Kier molecular flexibility index (Phi) is 3.11. The number of rotatable bonds is 3. The second-order valence-corrected chi connectivity index (χ2v) is 2.65. The van der Waals surface area contributed by atoms with Crippen molar-refractivity contribution in [2.24, 2.45) is 5.92 Å².